The molecule has 3 aliphatic rings. The van der Waals surface area contributed by atoms with Crippen molar-refractivity contribution >= 4 is 46.2 Å². The molecule has 4 heteroatoms. The molecule has 4 unspecified atom stereocenters. The molecule has 0 radical (unpaired) electrons. The molecule has 0 nitrogen and oxygen atoms in total. The minimum absolute atomic E-state index is 0.854. The van der Waals surface area contributed by atoms with Gasteiger partial charge in [-0.05, 0) is 35.7 Å². The SMILES string of the molecule is c1cc2c(s1)C1CC3Sc4ccsc4C3CC1S2. The van der Waals surface area contributed by atoms with Gasteiger partial charge in [-0.1, -0.05) is 0 Å². The van der Waals surface area contributed by atoms with Crippen LogP contribution < -0.4 is 0 Å². The topological polar surface area (TPSA) is 0 Å². The summed E-state index contributed by atoms with van der Waals surface area (Å²) < 4.78 is 0. The van der Waals surface area contributed by atoms with Gasteiger partial charge < -0.3 is 0 Å². The Hall–Kier alpha value is 0.1000. The maximum Gasteiger partial charge on any atom is 0.0224 e. The van der Waals surface area contributed by atoms with Crippen LogP contribution >= 0.6 is 46.2 Å². The Kier molecular flexibility index (Phi) is 2.29. The lowest BCUT2D eigenvalue weighted by Crippen LogP contribution is -2.27. The van der Waals surface area contributed by atoms with Crippen LogP contribution in [0.1, 0.15) is 34.4 Å². The molecule has 1 saturated carbocycles. The first-order chi connectivity index (χ1) is 8.90. The van der Waals surface area contributed by atoms with E-state index in [9.17, 15) is 0 Å². The van der Waals surface area contributed by atoms with E-state index in [-0.39, 0.29) is 0 Å². The maximum absolute atomic E-state index is 2.34. The van der Waals surface area contributed by atoms with E-state index >= 15 is 0 Å². The number of thioether (sulfide) groups is 2. The van der Waals surface area contributed by atoms with Crippen molar-refractivity contribution in [2.24, 2.45) is 0 Å². The van der Waals surface area contributed by atoms with Gasteiger partial charge in [0.15, 0.2) is 0 Å². The molecular formula is C14H12S4. The van der Waals surface area contributed by atoms with Gasteiger partial charge in [-0.2, -0.15) is 0 Å². The molecule has 2 aromatic heterocycles. The normalized spacial score (nSPS) is 36.0. The highest BCUT2D eigenvalue weighted by molar-refractivity contribution is 8.01. The van der Waals surface area contributed by atoms with Gasteiger partial charge in [0, 0.05) is 41.9 Å². The summed E-state index contributed by atoms with van der Waals surface area (Å²) >= 11 is 8.30. The van der Waals surface area contributed by atoms with Crippen molar-refractivity contribution < 1.29 is 0 Å². The largest absolute Gasteiger partial charge is 0.147 e. The average molecular weight is 309 g/mol. The molecule has 4 atom stereocenters. The van der Waals surface area contributed by atoms with E-state index in [0.29, 0.717) is 0 Å². The molecule has 18 heavy (non-hydrogen) atoms. The lowest BCUT2D eigenvalue weighted by Gasteiger charge is -2.33. The van der Waals surface area contributed by atoms with Gasteiger partial charge in [0.05, 0.1) is 0 Å². The molecule has 5 rings (SSSR count). The zero-order chi connectivity index (χ0) is 11.7. The van der Waals surface area contributed by atoms with E-state index in [2.05, 4.69) is 46.4 Å². The summed E-state index contributed by atoms with van der Waals surface area (Å²) in [5.41, 5.74) is 0. The van der Waals surface area contributed by atoms with Crippen LogP contribution in [0, 0.1) is 0 Å². The number of thiophene rings is 2. The molecule has 0 bridgehead atoms. The van der Waals surface area contributed by atoms with Gasteiger partial charge in [-0.15, -0.1) is 46.2 Å². The summed E-state index contributed by atoms with van der Waals surface area (Å²) in [6, 6.07) is 4.67. The van der Waals surface area contributed by atoms with Crippen LogP contribution in [-0.2, 0) is 0 Å². The van der Waals surface area contributed by atoms with E-state index in [1.54, 1.807) is 19.5 Å². The van der Waals surface area contributed by atoms with E-state index in [1.807, 2.05) is 22.7 Å². The third kappa shape index (κ3) is 1.35. The van der Waals surface area contributed by atoms with E-state index < -0.39 is 0 Å². The second kappa shape index (κ2) is 3.81. The number of fused-ring (bicyclic) bond motifs is 6. The van der Waals surface area contributed by atoms with Crippen LogP contribution in [0.25, 0.3) is 0 Å². The molecule has 0 amide bonds. The Morgan fingerprint density at radius 2 is 1.28 bits per heavy atom. The first-order valence-corrected chi connectivity index (χ1v) is 9.90. The number of hydrogen-bond acceptors (Lipinski definition) is 4. The summed E-state index contributed by atoms with van der Waals surface area (Å²) in [5, 5.41) is 6.28. The minimum atomic E-state index is 0.854. The Bertz CT molecular complexity index is 557. The lowest BCUT2D eigenvalue weighted by molar-refractivity contribution is 0.435. The highest BCUT2D eigenvalue weighted by Gasteiger charge is 2.47. The van der Waals surface area contributed by atoms with Crippen LogP contribution in [0.2, 0.25) is 0 Å². The fourth-order valence-corrected chi connectivity index (χ4v) is 9.40. The predicted molar refractivity (Wildman–Crippen MR) is 82.6 cm³/mol. The second-order valence-corrected chi connectivity index (χ2v) is 9.75. The smallest absolute Gasteiger partial charge is 0.0224 e. The molecular weight excluding hydrogens is 296 g/mol. The molecule has 92 valence electrons. The second-order valence-electron chi connectivity index (χ2n) is 5.30. The Labute approximate surface area is 123 Å². The molecule has 1 aliphatic carbocycles. The number of rotatable bonds is 0. The van der Waals surface area contributed by atoms with Crippen molar-refractivity contribution in [3.8, 4) is 0 Å². The molecule has 2 aromatic rings. The summed E-state index contributed by atoms with van der Waals surface area (Å²) in [5.74, 6) is 1.71. The van der Waals surface area contributed by atoms with E-state index in [4.69, 9.17) is 0 Å². The fraction of sp³-hybridized carbons (Fsp3) is 0.429. The van der Waals surface area contributed by atoms with Crippen molar-refractivity contribution in [3.05, 3.63) is 32.6 Å². The Morgan fingerprint density at radius 3 is 1.78 bits per heavy atom. The Balaban J connectivity index is 1.53. The number of hydrogen-bond donors (Lipinski definition) is 0. The van der Waals surface area contributed by atoms with Gasteiger partial charge in [-0.3, -0.25) is 0 Å². The molecule has 0 saturated heterocycles. The predicted octanol–water partition coefficient (Wildman–Crippen LogP) is 5.42. The summed E-state index contributed by atoms with van der Waals surface area (Å²) in [7, 11) is 0. The van der Waals surface area contributed by atoms with Crippen molar-refractivity contribution in [1.29, 1.82) is 0 Å². The Morgan fingerprint density at radius 1 is 0.778 bits per heavy atom. The fourth-order valence-electron chi connectivity index (χ4n) is 3.62. The first-order valence-electron chi connectivity index (χ1n) is 6.38. The highest BCUT2D eigenvalue weighted by Crippen LogP contribution is 2.62. The highest BCUT2D eigenvalue weighted by atomic mass is 32.2. The minimum Gasteiger partial charge on any atom is -0.147 e. The lowest BCUT2D eigenvalue weighted by atomic mass is 9.80. The van der Waals surface area contributed by atoms with Crippen molar-refractivity contribution in [1.82, 2.24) is 0 Å². The van der Waals surface area contributed by atoms with Crippen LogP contribution in [0.5, 0.6) is 0 Å². The molecule has 0 aromatic carbocycles. The summed E-state index contributed by atoms with van der Waals surface area (Å²) in [4.78, 5) is 6.57. The molecule has 0 N–H and O–H groups in total. The van der Waals surface area contributed by atoms with Crippen molar-refractivity contribution in [2.75, 3.05) is 0 Å². The molecule has 1 fully saturated rings. The standard InChI is InChI=1S/C14H12S4/c1-3-15-13-7-5-12-8(6-11(7)17-9(1)13)14-10(18-12)2-4-16-14/h1-4,7-8,11-12H,5-6H2. The third-order valence-electron chi connectivity index (χ3n) is 4.41. The van der Waals surface area contributed by atoms with Crippen molar-refractivity contribution in [3.63, 3.8) is 0 Å². The van der Waals surface area contributed by atoms with Crippen LogP contribution in [0.3, 0.4) is 0 Å². The van der Waals surface area contributed by atoms with Crippen molar-refractivity contribution in [2.45, 2.75) is 45.0 Å². The van der Waals surface area contributed by atoms with Gasteiger partial charge in [0.25, 0.3) is 0 Å². The first kappa shape index (κ1) is 10.8. The quantitative estimate of drug-likeness (QED) is 0.637. The summed E-state index contributed by atoms with van der Waals surface area (Å²) in [6.45, 7) is 0. The van der Waals surface area contributed by atoms with Crippen LogP contribution in [0.15, 0.2) is 32.7 Å². The van der Waals surface area contributed by atoms with E-state index in [0.717, 1.165) is 22.3 Å². The molecule has 0 spiro atoms. The van der Waals surface area contributed by atoms with E-state index in [1.165, 1.54) is 12.8 Å². The molecule has 4 heterocycles. The monoisotopic (exact) mass is 308 g/mol. The zero-order valence-corrected chi connectivity index (χ0v) is 12.9. The summed E-state index contributed by atoms with van der Waals surface area (Å²) in [6.07, 6.45) is 2.81. The maximum atomic E-state index is 2.34. The average Bonchev–Trinajstić information content (AvgIpc) is 3.04. The van der Waals surface area contributed by atoms with Gasteiger partial charge in [-0.25, -0.2) is 0 Å². The van der Waals surface area contributed by atoms with Gasteiger partial charge in [0.2, 0.25) is 0 Å². The van der Waals surface area contributed by atoms with Gasteiger partial charge in [0.1, 0.15) is 0 Å². The van der Waals surface area contributed by atoms with Crippen LogP contribution in [0.4, 0.5) is 0 Å². The zero-order valence-electron chi connectivity index (χ0n) is 9.67. The van der Waals surface area contributed by atoms with Crippen LogP contribution in [-0.4, -0.2) is 10.5 Å². The molecule has 2 aliphatic heterocycles. The van der Waals surface area contributed by atoms with Gasteiger partial charge >= 0.3 is 0 Å². The third-order valence-corrected chi connectivity index (χ3v) is 9.64.